The Bertz CT molecular complexity index is 2820. The van der Waals surface area contributed by atoms with Crippen LogP contribution in [0.4, 0.5) is 17.1 Å². The van der Waals surface area contributed by atoms with E-state index < -0.39 is 0 Å². The molecule has 0 fully saturated rings. The van der Waals surface area contributed by atoms with Crippen molar-refractivity contribution in [3.05, 3.63) is 170 Å². The lowest BCUT2D eigenvalue weighted by Gasteiger charge is -2.27. The monoisotopic (exact) mass is 628 g/mol. The highest BCUT2D eigenvalue weighted by Gasteiger charge is 2.22. The molecule has 10 rings (SSSR count). The highest BCUT2D eigenvalue weighted by molar-refractivity contribution is 6.23. The van der Waals surface area contributed by atoms with Crippen molar-refractivity contribution in [3.63, 3.8) is 0 Å². The molecule has 0 amide bonds. The fraction of sp³-hybridized carbons (Fsp3) is 0. The normalized spacial score (nSPS) is 11.7. The molecule has 4 nitrogen and oxygen atoms in total. The number of benzene rings is 8. The van der Waals surface area contributed by atoms with E-state index in [1.807, 2.05) is 42.5 Å². The maximum atomic E-state index is 6.64. The summed E-state index contributed by atoms with van der Waals surface area (Å²) in [4.78, 5) is 7.29. The summed E-state index contributed by atoms with van der Waals surface area (Å²) in [5.41, 5.74) is 9.82. The number of aromatic nitrogens is 1. The van der Waals surface area contributed by atoms with Gasteiger partial charge in [0.2, 0.25) is 5.89 Å². The Morgan fingerprint density at radius 3 is 1.96 bits per heavy atom. The van der Waals surface area contributed by atoms with E-state index in [1.54, 1.807) is 0 Å². The van der Waals surface area contributed by atoms with Gasteiger partial charge >= 0.3 is 0 Å². The van der Waals surface area contributed by atoms with Crippen molar-refractivity contribution in [1.82, 2.24) is 4.98 Å². The number of fused-ring (bicyclic) bond motifs is 8. The van der Waals surface area contributed by atoms with Crippen LogP contribution in [0.25, 0.3) is 77.2 Å². The molecule has 2 aromatic heterocycles. The first kappa shape index (κ1) is 27.5. The van der Waals surface area contributed by atoms with Gasteiger partial charge in [-0.25, -0.2) is 4.98 Å². The van der Waals surface area contributed by atoms with Crippen molar-refractivity contribution in [2.45, 2.75) is 0 Å². The van der Waals surface area contributed by atoms with Crippen LogP contribution in [0, 0.1) is 0 Å². The summed E-state index contributed by atoms with van der Waals surface area (Å²) in [5.74, 6) is 0.617. The van der Waals surface area contributed by atoms with Crippen molar-refractivity contribution in [2.75, 3.05) is 4.90 Å². The van der Waals surface area contributed by atoms with Gasteiger partial charge in [-0.05, 0) is 88.6 Å². The number of furan rings is 1. The molecule has 230 valence electrons. The van der Waals surface area contributed by atoms with Crippen molar-refractivity contribution >= 4 is 71.6 Å². The van der Waals surface area contributed by atoms with E-state index in [9.17, 15) is 0 Å². The Hall–Kier alpha value is -6.65. The zero-order valence-electron chi connectivity index (χ0n) is 26.4. The lowest BCUT2D eigenvalue weighted by molar-refractivity contribution is 0.623. The third-order valence-electron chi connectivity index (χ3n) is 9.45. The van der Waals surface area contributed by atoms with Crippen molar-refractivity contribution in [3.8, 4) is 22.6 Å². The van der Waals surface area contributed by atoms with Crippen molar-refractivity contribution < 1.29 is 8.83 Å². The van der Waals surface area contributed by atoms with Gasteiger partial charge in [0.25, 0.3) is 0 Å². The number of nitrogens with zero attached hydrogens (tertiary/aromatic N) is 2. The summed E-state index contributed by atoms with van der Waals surface area (Å²) in [6, 6.07) is 59.2. The predicted molar refractivity (Wildman–Crippen MR) is 202 cm³/mol. The highest BCUT2D eigenvalue weighted by atomic mass is 16.3. The number of para-hydroxylation sites is 2. The fourth-order valence-electron chi connectivity index (χ4n) is 7.16. The molecule has 8 aromatic carbocycles. The second-order valence-electron chi connectivity index (χ2n) is 12.4. The maximum absolute atomic E-state index is 6.64. The SMILES string of the molecule is c1ccc(-c2ccc3c(N(c4ccccc4)c4ccc5oc6ccccc6c5c4)cc4ccc5nc(-c6ccccc6)oc5c4c3c2)cc1. The molecule has 0 saturated carbocycles. The first-order valence-corrected chi connectivity index (χ1v) is 16.5. The van der Waals surface area contributed by atoms with Crippen LogP contribution in [0.5, 0.6) is 0 Å². The Morgan fingerprint density at radius 2 is 1.14 bits per heavy atom. The Balaban J connectivity index is 1.28. The zero-order chi connectivity index (χ0) is 32.3. The van der Waals surface area contributed by atoms with E-state index in [0.717, 1.165) is 88.3 Å². The topological polar surface area (TPSA) is 42.4 Å². The average Bonchev–Trinajstić information content (AvgIpc) is 3.78. The molecule has 0 aliphatic carbocycles. The molecular formula is C45H28N2O2. The summed E-state index contributed by atoms with van der Waals surface area (Å²) < 4.78 is 12.9. The van der Waals surface area contributed by atoms with Crippen LogP contribution in [0.3, 0.4) is 0 Å². The smallest absolute Gasteiger partial charge is 0.227 e. The van der Waals surface area contributed by atoms with Gasteiger partial charge in [0.05, 0.1) is 5.69 Å². The second-order valence-corrected chi connectivity index (χ2v) is 12.4. The minimum Gasteiger partial charge on any atom is -0.456 e. The molecule has 0 spiro atoms. The molecular weight excluding hydrogens is 601 g/mol. The molecule has 0 N–H and O–H groups in total. The standard InChI is InChI=1S/C45H28N2O2/c1-4-12-29(13-5-1)31-20-23-35-38(26-31)43-32(21-24-39-44(43)49-45(46-39)30-14-6-2-7-15-30)27-40(35)47(33-16-8-3-9-17-33)34-22-25-42-37(28-34)36-18-10-11-19-41(36)48-42/h1-28H. The van der Waals surface area contributed by atoms with E-state index in [0.29, 0.717) is 5.89 Å². The minimum atomic E-state index is 0.617. The predicted octanol–water partition coefficient (Wildman–Crippen LogP) is 12.8. The van der Waals surface area contributed by atoms with E-state index in [4.69, 9.17) is 13.8 Å². The van der Waals surface area contributed by atoms with Crippen LogP contribution in [-0.2, 0) is 0 Å². The Labute approximate surface area is 282 Å². The second kappa shape index (κ2) is 11.0. The fourth-order valence-corrected chi connectivity index (χ4v) is 7.16. The van der Waals surface area contributed by atoms with Crippen LogP contribution < -0.4 is 4.90 Å². The Kier molecular flexibility index (Phi) is 6.15. The summed E-state index contributed by atoms with van der Waals surface area (Å²) in [6.45, 7) is 0. The number of oxazole rings is 1. The maximum Gasteiger partial charge on any atom is 0.227 e. The number of anilines is 3. The molecule has 2 heterocycles. The van der Waals surface area contributed by atoms with Gasteiger partial charge in [-0.3, -0.25) is 0 Å². The van der Waals surface area contributed by atoms with Crippen molar-refractivity contribution in [2.24, 2.45) is 0 Å². The molecule has 49 heavy (non-hydrogen) atoms. The first-order chi connectivity index (χ1) is 24.3. The van der Waals surface area contributed by atoms with Crippen LogP contribution in [0.1, 0.15) is 0 Å². The number of rotatable bonds is 5. The van der Waals surface area contributed by atoms with Crippen LogP contribution in [0.2, 0.25) is 0 Å². The molecule has 0 aliphatic rings. The van der Waals surface area contributed by atoms with Gasteiger partial charge in [-0.2, -0.15) is 0 Å². The van der Waals surface area contributed by atoms with Crippen molar-refractivity contribution in [1.29, 1.82) is 0 Å². The molecule has 0 bridgehead atoms. The van der Waals surface area contributed by atoms with Gasteiger partial charge in [0, 0.05) is 38.5 Å². The summed E-state index contributed by atoms with van der Waals surface area (Å²) in [5, 5.41) is 6.52. The van der Waals surface area contributed by atoms with Crippen LogP contribution in [-0.4, -0.2) is 4.98 Å². The lowest BCUT2D eigenvalue weighted by atomic mass is 9.94. The number of hydrogen-bond acceptors (Lipinski definition) is 4. The molecule has 10 aromatic rings. The van der Waals surface area contributed by atoms with Gasteiger partial charge in [0.15, 0.2) is 5.58 Å². The highest BCUT2D eigenvalue weighted by Crippen LogP contribution is 2.46. The molecule has 0 unspecified atom stereocenters. The summed E-state index contributed by atoms with van der Waals surface area (Å²) >= 11 is 0. The van der Waals surface area contributed by atoms with Crippen LogP contribution >= 0.6 is 0 Å². The van der Waals surface area contributed by atoms with Crippen LogP contribution in [0.15, 0.2) is 179 Å². The van der Waals surface area contributed by atoms with Gasteiger partial charge in [-0.1, -0.05) is 103 Å². The van der Waals surface area contributed by atoms with Gasteiger partial charge < -0.3 is 13.7 Å². The lowest BCUT2D eigenvalue weighted by Crippen LogP contribution is -2.10. The summed E-state index contributed by atoms with van der Waals surface area (Å²) in [6.07, 6.45) is 0. The molecule has 0 saturated heterocycles. The van der Waals surface area contributed by atoms with E-state index in [2.05, 4.69) is 132 Å². The molecule has 0 atom stereocenters. The van der Waals surface area contributed by atoms with E-state index >= 15 is 0 Å². The molecule has 0 aliphatic heterocycles. The van der Waals surface area contributed by atoms with Gasteiger partial charge in [0.1, 0.15) is 16.7 Å². The van der Waals surface area contributed by atoms with E-state index in [1.165, 1.54) is 0 Å². The zero-order valence-corrected chi connectivity index (χ0v) is 26.4. The van der Waals surface area contributed by atoms with Gasteiger partial charge in [-0.15, -0.1) is 0 Å². The van der Waals surface area contributed by atoms with E-state index in [-0.39, 0.29) is 0 Å². The molecule has 4 heteroatoms. The third-order valence-corrected chi connectivity index (χ3v) is 9.45. The first-order valence-electron chi connectivity index (χ1n) is 16.5. The Morgan fingerprint density at radius 1 is 0.429 bits per heavy atom. The third kappa shape index (κ3) is 4.49. The quantitative estimate of drug-likeness (QED) is 0.178. The number of hydrogen-bond donors (Lipinski definition) is 0. The average molecular weight is 629 g/mol. The minimum absolute atomic E-state index is 0.617. The summed E-state index contributed by atoms with van der Waals surface area (Å²) in [7, 11) is 0. The molecule has 0 radical (unpaired) electrons. The largest absolute Gasteiger partial charge is 0.456 e.